The summed E-state index contributed by atoms with van der Waals surface area (Å²) < 4.78 is 11.8. The minimum absolute atomic E-state index is 0.280. The Morgan fingerprint density at radius 2 is 2.06 bits per heavy atom. The molecule has 0 radical (unpaired) electrons. The first-order valence-electron chi connectivity index (χ1n) is 5.42. The predicted molar refractivity (Wildman–Crippen MR) is 61.4 cm³/mol. The van der Waals surface area contributed by atoms with Gasteiger partial charge in [-0.3, -0.25) is 4.68 Å². The van der Waals surface area contributed by atoms with Gasteiger partial charge in [0.25, 0.3) is 0 Å². The lowest BCUT2D eigenvalue weighted by Gasteiger charge is -2.05. The normalized spacial score (nSPS) is 10.8. The maximum Gasteiger partial charge on any atom is 0.339 e. The van der Waals surface area contributed by atoms with Crippen molar-refractivity contribution in [3.63, 3.8) is 0 Å². The minimum atomic E-state index is -0.938. The number of nitrogens with zero attached hydrogens (tertiary/aromatic N) is 2. The maximum absolute atomic E-state index is 11.0. The summed E-state index contributed by atoms with van der Waals surface area (Å²) in [6.45, 7) is 5.56. The number of ether oxygens (including phenoxy) is 2. The third-order valence-electron chi connectivity index (χ3n) is 2.47. The molecular formula is C11H18N2O4. The van der Waals surface area contributed by atoms with Gasteiger partial charge in [-0.1, -0.05) is 0 Å². The van der Waals surface area contributed by atoms with Crippen LogP contribution in [0.2, 0.25) is 0 Å². The van der Waals surface area contributed by atoms with E-state index in [1.54, 1.807) is 25.6 Å². The van der Waals surface area contributed by atoms with Crippen LogP contribution in [0.4, 0.5) is 0 Å². The number of aryl methyl sites for hydroxylation is 1. The van der Waals surface area contributed by atoms with Gasteiger partial charge in [0.15, 0.2) is 0 Å². The van der Waals surface area contributed by atoms with Gasteiger partial charge in [-0.25, -0.2) is 4.79 Å². The molecule has 1 aromatic heterocycles. The zero-order valence-electron chi connectivity index (χ0n) is 10.4. The largest absolute Gasteiger partial charge is 0.478 e. The first kappa shape index (κ1) is 13.7. The molecule has 0 spiro atoms. The first-order valence-corrected chi connectivity index (χ1v) is 5.42. The summed E-state index contributed by atoms with van der Waals surface area (Å²) in [5, 5.41) is 13.2. The zero-order valence-corrected chi connectivity index (χ0v) is 10.4. The van der Waals surface area contributed by atoms with Crippen LogP contribution in [0.3, 0.4) is 0 Å². The second kappa shape index (κ2) is 6.36. The van der Waals surface area contributed by atoms with E-state index in [9.17, 15) is 4.79 Å². The predicted octanol–water partition coefficient (Wildman–Crippen LogP) is 0.861. The molecule has 1 heterocycles. The molecule has 1 aromatic rings. The number of carboxylic acid groups (broad SMARTS) is 1. The Morgan fingerprint density at radius 3 is 2.59 bits per heavy atom. The van der Waals surface area contributed by atoms with Gasteiger partial charge < -0.3 is 14.6 Å². The fourth-order valence-electron chi connectivity index (χ4n) is 1.62. The number of rotatable bonds is 7. The molecule has 0 aliphatic carbocycles. The molecular weight excluding hydrogens is 224 g/mol. The van der Waals surface area contributed by atoms with E-state index >= 15 is 0 Å². The number of carbonyl (C=O) groups is 1. The molecule has 6 nitrogen and oxygen atoms in total. The fourth-order valence-corrected chi connectivity index (χ4v) is 1.62. The van der Waals surface area contributed by atoms with Gasteiger partial charge in [-0.15, -0.1) is 0 Å². The molecule has 0 fully saturated rings. The van der Waals surface area contributed by atoms with E-state index < -0.39 is 5.97 Å². The number of hydrogen-bond acceptors (Lipinski definition) is 4. The molecule has 0 atom stereocenters. The fraction of sp³-hybridized carbons (Fsp3) is 0.636. The Labute approximate surface area is 100 Å². The van der Waals surface area contributed by atoms with Crippen molar-refractivity contribution in [1.82, 2.24) is 9.78 Å². The Kier molecular flexibility index (Phi) is 5.11. The Bertz CT molecular complexity index is 387. The summed E-state index contributed by atoms with van der Waals surface area (Å²) in [6, 6.07) is 0. The first-order chi connectivity index (χ1) is 8.07. The average molecular weight is 242 g/mol. The van der Waals surface area contributed by atoms with Gasteiger partial charge in [0.2, 0.25) is 0 Å². The lowest BCUT2D eigenvalue weighted by Crippen LogP contribution is -2.12. The molecule has 0 aromatic carbocycles. The van der Waals surface area contributed by atoms with Crippen LogP contribution in [0.5, 0.6) is 0 Å². The van der Waals surface area contributed by atoms with E-state index in [0.29, 0.717) is 37.8 Å². The number of hydrogen-bond donors (Lipinski definition) is 1. The van der Waals surface area contributed by atoms with Gasteiger partial charge in [-0.2, -0.15) is 5.10 Å². The summed E-state index contributed by atoms with van der Waals surface area (Å²) in [6.07, 6.45) is 0. The van der Waals surface area contributed by atoms with Gasteiger partial charge in [0.05, 0.1) is 37.8 Å². The molecule has 0 saturated heterocycles. The van der Waals surface area contributed by atoms with Gasteiger partial charge >= 0.3 is 5.97 Å². The molecule has 17 heavy (non-hydrogen) atoms. The molecule has 6 heteroatoms. The summed E-state index contributed by atoms with van der Waals surface area (Å²) in [5.74, 6) is -0.938. The van der Waals surface area contributed by atoms with Crippen molar-refractivity contribution in [2.75, 3.05) is 26.9 Å². The van der Waals surface area contributed by atoms with Crippen LogP contribution in [0.1, 0.15) is 21.7 Å². The van der Waals surface area contributed by atoms with E-state index in [0.717, 1.165) is 0 Å². The van der Waals surface area contributed by atoms with Gasteiger partial charge in [0, 0.05) is 7.11 Å². The highest BCUT2D eigenvalue weighted by atomic mass is 16.5. The Morgan fingerprint density at radius 1 is 1.35 bits per heavy atom. The van der Waals surface area contributed by atoms with Crippen molar-refractivity contribution in [1.29, 1.82) is 0 Å². The highest BCUT2D eigenvalue weighted by molar-refractivity contribution is 5.90. The van der Waals surface area contributed by atoms with E-state index in [2.05, 4.69) is 5.10 Å². The van der Waals surface area contributed by atoms with E-state index in [-0.39, 0.29) is 5.56 Å². The molecule has 0 unspecified atom stereocenters. The quantitative estimate of drug-likeness (QED) is 0.718. The number of aromatic carboxylic acids is 1. The molecule has 0 aliphatic heterocycles. The van der Waals surface area contributed by atoms with Crippen molar-refractivity contribution in [2.45, 2.75) is 20.4 Å². The molecule has 0 bridgehead atoms. The van der Waals surface area contributed by atoms with Gasteiger partial charge in [-0.05, 0) is 13.8 Å². The number of carboxylic acids is 1. The van der Waals surface area contributed by atoms with Crippen LogP contribution in [-0.4, -0.2) is 47.8 Å². The second-order valence-corrected chi connectivity index (χ2v) is 3.68. The monoisotopic (exact) mass is 242 g/mol. The van der Waals surface area contributed by atoms with Crippen molar-refractivity contribution in [3.8, 4) is 0 Å². The number of aromatic nitrogens is 2. The van der Waals surface area contributed by atoms with E-state index in [1.807, 2.05) is 0 Å². The van der Waals surface area contributed by atoms with E-state index in [4.69, 9.17) is 14.6 Å². The lowest BCUT2D eigenvalue weighted by atomic mass is 10.2. The van der Waals surface area contributed by atoms with Crippen LogP contribution in [0, 0.1) is 13.8 Å². The molecule has 1 N–H and O–H groups in total. The van der Waals surface area contributed by atoms with Crippen molar-refractivity contribution >= 4 is 5.97 Å². The average Bonchev–Trinajstić information content (AvgIpc) is 2.53. The maximum atomic E-state index is 11.0. The van der Waals surface area contributed by atoms with Crippen LogP contribution >= 0.6 is 0 Å². The van der Waals surface area contributed by atoms with E-state index in [1.165, 1.54) is 0 Å². The van der Waals surface area contributed by atoms with Gasteiger partial charge in [0.1, 0.15) is 5.56 Å². The summed E-state index contributed by atoms with van der Waals surface area (Å²) in [5.41, 5.74) is 1.47. The molecule has 0 aliphatic rings. The molecule has 96 valence electrons. The van der Waals surface area contributed by atoms with Crippen LogP contribution in [-0.2, 0) is 16.0 Å². The smallest absolute Gasteiger partial charge is 0.339 e. The lowest BCUT2D eigenvalue weighted by molar-refractivity contribution is 0.0649. The summed E-state index contributed by atoms with van der Waals surface area (Å²) in [7, 11) is 1.61. The molecule has 0 saturated carbocycles. The standard InChI is InChI=1S/C11H18N2O4/c1-8-10(11(14)15)9(2)13(12-8)4-5-17-7-6-16-3/h4-7H2,1-3H3,(H,14,15). The third kappa shape index (κ3) is 3.54. The van der Waals surface area contributed by atoms with Crippen LogP contribution in [0.15, 0.2) is 0 Å². The summed E-state index contributed by atoms with van der Waals surface area (Å²) in [4.78, 5) is 11.0. The van der Waals surface area contributed by atoms with Crippen molar-refractivity contribution < 1.29 is 19.4 Å². The summed E-state index contributed by atoms with van der Waals surface area (Å²) >= 11 is 0. The third-order valence-corrected chi connectivity index (χ3v) is 2.47. The molecule has 1 rings (SSSR count). The number of methoxy groups -OCH3 is 1. The Hall–Kier alpha value is -1.40. The van der Waals surface area contributed by atoms with Crippen LogP contribution < -0.4 is 0 Å². The Balaban J connectivity index is 2.55. The minimum Gasteiger partial charge on any atom is -0.478 e. The topological polar surface area (TPSA) is 73.6 Å². The van der Waals surface area contributed by atoms with Crippen molar-refractivity contribution in [2.24, 2.45) is 0 Å². The molecule has 0 amide bonds. The SMILES string of the molecule is COCCOCCn1nc(C)c(C(=O)O)c1C. The zero-order chi connectivity index (χ0) is 12.8. The second-order valence-electron chi connectivity index (χ2n) is 3.68. The highest BCUT2D eigenvalue weighted by Crippen LogP contribution is 2.12. The highest BCUT2D eigenvalue weighted by Gasteiger charge is 2.17. The van der Waals surface area contributed by atoms with Crippen molar-refractivity contribution in [3.05, 3.63) is 17.0 Å². The van der Waals surface area contributed by atoms with Crippen LogP contribution in [0.25, 0.3) is 0 Å².